The predicted octanol–water partition coefficient (Wildman–Crippen LogP) is 2.24. The Hall–Kier alpha value is -1.65. The molecular formula is C12H15N3O2. The summed E-state index contributed by atoms with van der Waals surface area (Å²) in [6, 6.07) is 0.242. The fourth-order valence-corrected chi connectivity index (χ4v) is 2.03. The summed E-state index contributed by atoms with van der Waals surface area (Å²) < 4.78 is 5.02. The van der Waals surface area contributed by atoms with Crippen LogP contribution < -0.4 is 5.32 Å². The van der Waals surface area contributed by atoms with Crippen LogP contribution in [0, 0.1) is 5.92 Å². The fourth-order valence-electron chi connectivity index (χ4n) is 2.03. The molecule has 3 rings (SSSR count). The molecule has 0 saturated heterocycles. The van der Waals surface area contributed by atoms with E-state index in [0.717, 1.165) is 37.9 Å². The van der Waals surface area contributed by atoms with Crippen molar-refractivity contribution >= 4 is 11.9 Å². The summed E-state index contributed by atoms with van der Waals surface area (Å²) in [5.74, 6) is 1.20. The van der Waals surface area contributed by atoms with Gasteiger partial charge < -0.3 is 4.52 Å². The second-order valence-corrected chi connectivity index (χ2v) is 4.70. The molecule has 2 aliphatic carbocycles. The molecule has 5 nitrogen and oxygen atoms in total. The third-order valence-corrected chi connectivity index (χ3v) is 3.25. The number of amides is 1. The first-order chi connectivity index (χ1) is 8.33. The molecule has 0 unspecified atom stereocenters. The molecular weight excluding hydrogens is 218 g/mol. The van der Waals surface area contributed by atoms with Crippen LogP contribution >= 0.6 is 0 Å². The fraction of sp³-hybridized carbons (Fsp3) is 0.583. The molecule has 17 heavy (non-hydrogen) atoms. The van der Waals surface area contributed by atoms with Gasteiger partial charge in [0.05, 0.1) is 0 Å². The molecule has 0 aromatic carbocycles. The van der Waals surface area contributed by atoms with E-state index in [-0.39, 0.29) is 17.8 Å². The summed E-state index contributed by atoms with van der Waals surface area (Å²) in [4.78, 5) is 16.1. The second kappa shape index (κ2) is 4.31. The van der Waals surface area contributed by atoms with Gasteiger partial charge in [0.2, 0.25) is 5.91 Å². The van der Waals surface area contributed by atoms with E-state index in [1.54, 1.807) is 0 Å². The number of hydrogen-bond donors (Lipinski definition) is 1. The Morgan fingerprint density at radius 3 is 2.94 bits per heavy atom. The Balaban J connectivity index is 1.60. The summed E-state index contributed by atoms with van der Waals surface area (Å²) in [5.41, 5.74) is 0. The van der Waals surface area contributed by atoms with Crippen molar-refractivity contribution in [1.29, 1.82) is 0 Å². The van der Waals surface area contributed by atoms with Crippen LogP contribution in [0.1, 0.15) is 43.8 Å². The van der Waals surface area contributed by atoms with Gasteiger partial charge >= 0.3 is 6.01 Å². The van der Waals surface area contributed by atoms with Gasteiger partial charge in [-0.2, -0.15) is 4.98 Å². The number of allylic oxidation sites excluding steroid dienone is 2. The van der Waals surface area contributed by atoms with Gasteiger partial charge in [-0.3, -0.25) is 10.1 Å². The van der Waals surface area contributed by atoms with Crippen LogP contribution in [-0.2, 0) is 4.79 Å². The largest absolute Gasteiger partial charge is 0.328 e. The van der Waals surface area contributed by atoms with Gasteiger partial charge in [0.15, 0.2) is 5.82 Å². The Kier molecular flexibility index (Phi) is 2.66. The summed E-state index contributed by atoms with van der Waals surface area (Å²) in [6.07, 6.45) is 9.08. The zero-order chi connectivity index (χ0) is 11.7. The predicted molar refractivity (Wildman–Crippen MR) is 61.4 cm³/mol. The third kappa shape index (κ3) is 2.38. The van der Waals surface area contributed by atoms with Crippen LogP contribution in [0.3, 0.4) is 0 Å². The quantitative estimate of drug-likeness (QED) is 0.813. The number of nitrogens with zero attached hydrogens (tertiary/aromatic N) is 2. The molecule has 1 saturated carbocycles. The third-order valence-electron chi connectivity index (χ3n) is 3.25. The lowest BCUT2D eigenvalue weighted by Gasteiger charge is -2.15. The number of nitrogens with one attached hydrogen (secondary N) is 1. The number of rotatable bonds is 3. The van der Waals surface area contributed by atoms with Crippen molar-refractivity contribution in [3.8, 4) is 0 Å². The highest BCUT2D eigenvalue weighted by Crippen LogP contribution is 2.38. The van der Waals surface area contributed by atoms with Crippen molar-refractivity contribution in [3.63, 3.8) is 0 Å². The molecule has 1 amide bonds. The van der Waals surface area contributed by atoms with E-state index in [1.165, 1.54) is 0 Å². The Morgan fingerprint density at radius 2 is 2.24 bits per heavy atom. The lowest BCUT2D eigenvalue weighted by molar-refractivity contribution is -0.120. The van der Waals surface area contributed by atoms with Crippen molar-refractivity contribution < 1.29 is 9.32 Å². The minimum absolute atomic E-state index is 0.0136. The SMILES string of the molecule is O=C(Nc1nc(C2CC2)no1)[C@H]1CC=CCC1. The van der Waals surface area contributed by atoms with Gasteiger partial charge in [0.1, 0.15) is 0 Å². The molecule has 0 bridgehead atoms. The van der Waals surface area contributed by atoms with Crippen LogP contribution in [0.25, 0.3) is 0 Å². The molecule has 5 heteroatoms. The molecule has 0 aliphatic heterocycles. The summed E-state index contributed by atoms with van der Waals surface area (Å²) >= 11 is 0. The molecule has 0 radical (unpaired) electrons. The van der Waals surface area contributed by atoms with Crippen molar-refractivity contribution in [1.82, 2.24) is 10.1 Å². The van der Waals surface area contributed by atoms with Crippen LogP contribution in [0.15, 0.2) is 16.7 Å². The van der Waals surface area contributed by atoms with E-state index in [0.29, 0.717) is 5.92 Å². The van der Waals surface area contributed by atoms with E-state index in [9.17, 15) is 4.79 Å². The summed E-state index contributed by atoms with van der Waals surface area (Å²) in [7, 11) is 0. The number of carbonyl (C=O) groups is 1. The molecule has 1 atom stereocenters. The monoisotopic (exact) mass is 233 g/mol. The van der Waals surface area contributed by atoms with E-state index in [2.05, 4.69) is 27.6 Å². The van der Waals surface area contributed by atoms with Crippen molar-refractivity contribution in [2.45, 2.75) is 38.0 Å². The highest BCUT2D eigenvalue weighted by molar-refractivity contribution is 5.90. The first-order valence-corrected chi connectivity index (χ1v) is 6.12. The number of anilines is 1. The molecule has 0 spiro atoms. The second-order valence-electron chi connectivity index (χ2n) is 4.70. The normalized spacial score (nSPS) is 23.6. The first kappa shape index (κ1) is 10.5. The molecule has 1 aromatic heterocycles. The van der Waals surface area contributed by atoms with Crippen LogP contribution in [0.4, 0.5) is 6.01 Å². The van der Waals surface area contributed by atoms with Crippen LogP contribution in [0.2, 0.25) is 0 Å². The minimum Gasteiger partial charge on any atom is -0.315 e. The Morgan fingerprint density at radius 1 is 1.35 bits per heavy atom. The van der Waals surface area contributed by atoms with Gasteiger partial charge in [-0.05, 0) is 32.1 Å². The maximum atomic E-state index is 11.9. The number of carbonyl (C=O) groups excluding carboxylic acids is 1. The molecule has 1 heterocycles. The van der Waals surface area contributed by atoms with Crippen molar-refractivity contribution in [2.75, 3.05) is 5.32 Å². The van der Waals surface area contributed by atoms with Crippen LogP contribution in [-0.4, -0.2) is 16.0 Å². The Labute approximate surface area is 99.3 Å². The van der Waals surface area contributed by atoms with E-state index in [1.807, 2.05) is 0 Å². The van der Waals surface area contributed by atoms with Crippen LogP contribution in [0.5, 0.6) is 0 Å². The molecule has 1 N–H and O–H groups in total. The van der Waals surface area contributed by atoms with E-state index >= 15 is 0 Å². The maximum Gasteiger partial charge on any atom is 0.328 e. The highest BCUT2D eigenvalue weighted by atomic mass is 16.5. The standard InChI is InChI=1S/C12H15N3O2/c16-11(9-4-2-1-3-5-9)14-12-13-10(15-17-12)8-6-7-8/h1-2,8-9H,3-7H2,(H,13,14,15,16)/t9-/m0/s1. The highest BCUT2D eigenvalue weighted by Gasteiger charge is 2.29. The smallest absolute Gasteiger partial charge is 0.315 e. The minimum atomic E-state index is -0.0136. The lowest BCUT2D eigenvalue weighted by Crippen LogP contribution is -2.23. The molecule has 2 aliphatic rings. The van der Waals surface area contributed by atoms with Gasteiger partial charge in [-0.15, -0.1) is 0 Å². The zero-order valence-electron chi connectivity index (χ0n) is 9.56. The summed E-state index contributed by atoms with van der Waals surface area (Å²) in [5, 5.41) is 6.56. The number of aromatic nitrogens is 2. The van der Waals surface area contributed by atoms with Gasteiger partial charge in [0.25, 0.3) is 0 Å². The van der Waals surface area contributed by atoms with Crippen molar-refractivity contribution in [2.24, 2.45) is 5.92 Å². The zero-order valence-corrected chi connectivity index (χ0v) is 9.56. The maximum absolute atomic E-state index is 11.9. The molecule has 1 fully saturated rings. The van der Waals surface area contributed by atoms with E-state index < -0.39 is 0 Å². The Bertz CT molecular complexity index is 448. The summed E-state index contributed by atoms with van der Waals surface area (Å²) in [6.45, 7) is 0. The van der Waals surface area contributed by atoms with Gasteiger partial charge in [0, 0.05) is 11.8 Å². The number of hydrogen-bond acceptors (Lipinski definition) is 4. The topological polar surface area (TPSA) is 68.0 Å². The average molecular weight is 233 g/mol. The molecule has 90 valence electrons. The molecule has 1 aromatic rings. The van der Waals surface area contributed by atoms with Crippen molar-refractivity contribution in [3.05, 3.63) is 18.0 Å². The van der Waals surface area contributed by atoms with E-state index in [4.69, 9.17) is 4.52 Å². The van der Waals surface area contributed by atoms with Gasteiger partial charge in [-0.1, -0.05) is 17.3 Å². The van der Waals surface area contributed by atoms with Gasteiger partial charge in [-0.25, -0.2) is 0 Å². The average Bonchev–Trinajstić information content (AvgIpc) is 3.12. The lowest BCUT2D eigenvalue weighted by atomic mass is 9.94. The first-order valence-electron chi connectivity index (χ1n) is 6.12.